The van der Waals surface area contributed by atoms with E-state index in [0.29, 0.717) is 23.4 Å². The van der Waals surface area contributed by atoms with Crippen molar-refractivity contribution < 1.29 is 14.0 Å². The number of rotatable bonds is 1. The van der Waals surface area contributed by atoms with Crippen LogP contribution < -0.4 is 0 Å². The molecule has 2 saturated heterocycles. The summed E-state index contributed by atoms with van der Waals surface area (Å²) in [6.07, 6.45) is 25.8. The molecule has 2 aliphatic heterocycles. The molecular weight excluding hydrogens is 431 g/mol. The lowest BCUT2D eigenvalue weighted by atomic mass is 9.45. The Morgan fingerprint density at radius 2 is 1.26 bits per heavy atom. The Labute approximate surface area is 214 Å². The van der Waals surface area contributed by atoms with Crippen LogP contribution in [0.25, 0.3) is 0 Å². The van der Waals surface area contributed by atoms with Crippen molar-refractivity contribution >= 4 is 7.12 Å². The molecule has 3 saturated carbocycles. The van der Waals surface area contributed by atoms with E-state index < -0.39 is 0 Å². The molecule has 9 unspecified atom stereocenters. The standard InChI is InChI=1S/C31H47BO3/c1-29(2)30(3,4)35-32(34-29)20-17-18-26-28(19-20)33-27-16-10-9-15-25(27)31(26)23-13-7-5-11-21(23)22-12-6-8-14-24(22)31/h5-6,11-12,20-28H,7-10,13-19H2,1-4H3. The van der Waals surface area contributed by atoms with Gasteiger partial charge in [-0.2, -0.15) is 0 Å². The van der Waals surface area contributed by atoms with Crippen LogP contribution in [0.15, 0.2) is 24.3 Å². The molecule has 192 valence electrons. The van der Waals surface area contributed by atoms with Gasteiger partial charge in [-0.1, -0.05) is 43.6 Å². The molecule has 35 heavy (non-hydrogen) atoms. The molecule has 0 bridgehead atoms. The third-order valence-corrected chi connectivity index (χ3v) is 12.5. The van der Waals surface area contributed by atoms with Crippen molar-refractivity contribution in [2.24, 2.45) is 40.9 Å². The second-order valence-electron chi connectivity index (χ2n) is 14.3. The molecule has 7 aliphatic rings. The molecule has 0 aromatic carbocycles. The molecule has 4 heteroatoms. The second kappa shape index (κ2) is 8.21. The summed E-state index contributed by atoms with van der Waals surface area (Å²) in [5.41, 5.74) is -0.00146. The van der Waals surface area contributed by atoms with Gasteiger partial charge >= 0.3 is 7.12 Å². The average Bonchev–Trinajstić information content (AvgIpc) is 3.27. The maximum absolute atomic E-state index is 7.19. The number of hydrogen-bond acceptors (Lipinski definition) is 3. The molecule has 7 rings (SSSR count). The zero-order valence-electron chi connectivity index (χ0n) is 22.6. The zero-order valence-corrected chi connectivity index (χ0v) is 22.6. The van der Waals surface area contributed by atoms with Gasteiger partial charge in [0.2, 0.25) is 0 Å². The summed E-state index contributed by atoms with van der Waals surface area (Å²) in [6, 6.07) is 0. The molecule has 2 heterocycles. The smallest absolute Gasteiger partial charge is 0.403 e. The van der Waals surface area contributed by atoms with Crippen molar-refractivity contribution in [2.45, 2.75) is 128 Å². The van der Waals surface area contributed by atoms with Crippen LogP contribution in [-0.2, 0) is 14.0 Å². The summed E-state index contributed by atoms with van der Waals surface area (Å²) in [5.74, 6) is 5.23. The minimum absolute atomic E-state index is 0.0797. The number of hydrogen-bond donors (Lipinski definition) is 0. The third kappa shape index (κ3) is 3.27. The highest BCUT2D eigenvalue weighted by Crippen LogP contribution is 2.72. The largest absolute Gasteiger partial charge is 0.461 e. The van der Waals surface area contributed by atoms with Gasteiger partial charge in [-0.05, 0) is 126 Å². The summed E-state index contributed by atoms with van der Waals surface area (Å²) in [4.78, 5) is 0. The molecule has 0 radical (unpaired) electrons. The molecular formula is C31H47BO3. The average molecular weight is 479 g/mol. The Bertz CT molecular complexity index is 848. The second-order valence-corrected chi connectivity index (χ2v) is 14.3. The van der Waals surface area contributed by atoms with Crippen LogP contribution in [0.2, 0.25) is 5.82 Å². The van der Waals surface area contributed by atoms with E-state index in [1.54, 1.807) is 0 Å². The van der Waals surface area contributed by atoms with Crippen LogP contribution >= 0.6 is 0 Å². The Morgan fingerprint density at radius 1 is 0.657 bits per heavy atom. The predicted molar refractivity (Wildman–Crippen MR) is 141 cm³/mol. The summed E-state index contributed by atoms with van der Waals surface area (Å²) < 4.78 is 20.4. The van der Waals surface area contributed by atoms with Crippen LogP contribution in [0.5, 0.6) is 0 Å². The Hall–Kier alpha value is -0.575. The monoisotopic (exact) mass is 478 g/mol. The number of allylic oxidation sites excluding steroid dienone is 4. The highest BCUT2D eigenvalue weighted by Gasteiger charge is 2.70. The van der Waals surface area contributed by atoms with Crippen LogP contribution in [-0.4, -0.2) is 30.5 Å². The van der Waals surface area contributed by atoms with E-state index in [1.807, 2.05) is 0 Å². The van der Waals surface area contributed by atoms with Crippen LogP contribution in [0.1, 0.15) is 98.3 Å². The fourth-order valence-electron chi connectivity index (χ4n) is 10.6. The normalized spacial score (nSPS) is 51.5. The Morgan fingerprint density at radius 3 is 1.91 bits per heavy atom. The Balaban J connectivity index is 1.25. The minimum Gasteiger partial charge on any atom is -0.403 e. The molecule has 5 aliphatic carbocycles. The first-order valence-corrected chi connectivity index (χ1v) is 15.2. The van der Waals surface area contributed by atoms with Gasteiger partial charge in [-0.15, -0.1) is 0 Å². The van der Waals surface area contributed by atoms with E-state index >= 15 is 0 Å². The molecule has 3 nitrogen and oxygen atoms in total. The van der Waals surface area contributed by atoms with Gasteiger partial charge in [-0.3, -0.25) is 0 Å². The lowest BCUT2D eigenvalue weighted by Crippen LogP contribution is -2.62. The summed E-state index contributed by atoms with van der Waals surface area (Å²) >= 11 is 0. The van der Waals surface area contributed by atoms with Crippen molar-refractivity contribution in [1.29, 1.82) is 0 Å². The van der Waals surface area contributed by atoms with Gasteiger partial charge in [0.1, 0.15) is 0 Å². The van der Waals surface area contributed by atoms with Gasteiger partial charge < -0.3 is 14.0 Å². The minimum atomic E-state index is -0.244. The maximum Gasteiger partial charge on any atom is 0.461 e. The lowest BCUT2D eigenvalue weighted by molar-refractivity contribution is -0.240. The lowest BCUT2D eigenvalue weighted by Gasteiger charge is -2.63. The molecule has 1 spiro atoms. The molecule has 0 amide bonds. The van der Waals surface area contributed by atoms with Crippen molar-refractivity contribution in [1.82, 2.24) is 0 Å². The quantitative estimate of drug-likeness (QED) is 0.291. The summed E-state index contributed by atoms with van der Waals surface area (Å²) in [7, 11) is -0.0797. The fraction of sp³-hybridized carbons (Fsp3) is 0.871. The SMILES string of the molecule is CC1(C)OB(C2CCC3C(C2)OC2CCCCC2C32C3CCC=CC3C3C=CCCC32)OC1(C)C. The molecule has 0 N–H and O–H groups in total. The highest BCUT2D eigenvalue weighted by atomic mass is 16.7. The molecule has 0 aromatic rings. The first-order valence-electron chi connectivity index (χ1n) is 15.2. The predicted octanol–water partition coefficient (Wildman–Crippen LogP) is 7.37. The Kier molecular flexibility index (Phi) is 5.52. The van der Waals surface area contributed by atoms with Gasteiger partial charge in [-0.25, -0.2) is 0 Å². The van der Waals surface area contributed by atoms with Gasteiger partial charge in [0.15, 0.2) is 0 Å². The van der Waals surface area contributed by atoms with Crippen LogP contribution in [0, 0.1) is 40.9 Å². The van der Waals surface area contributed by atoms with Crippen LogP contribution in [0.4, 0.5) is 0 Å². The van der Waals surface area contributed by atoms with E-state index in [9.17, 15) is 0 Å². The summed E-state index contributed by atoms with van der Waals surface area (Å²) in [5, 5.41) is 0. The molecule has 9 atom stereocenters. The topological polar surface area (TPSA) is 27.7 Å². The molecule has 0 aromatic heterocycles. The van der Waals surface area contributed by atoms with E-state index in [0.717, 1.165) is 41.9 Å². The van der Waals surface area contributed by atoms with Gasteiger partial charge in [0, 0.05) is 0 Å². The van der Waals surface area contributed by atoms with E-state index in [-0.39, 0.29) is 18.3 Å². The maximum atomic E-state index is 7.19. The van der Waals surface area contributed by atoms with Crippen molar-refractivity contribution in [2.75, 3.05) is 0 Å². The number of ether oxygens (including phenoxy) is 1. The summed E-state index contributed by atoms with van der Waals surface area (Å²) in [6.45, 7) is 8.79. The van der Waals surface area contributed by atoms with E-state index in [4.69, 9.17) is 14.0 Å². The molecule has 5 fully saturated rings. The number of fused-ring (bicyclic) bond motifs is 9. The van der Waals surface area contributed by atoms with E-state index in [2.05, 4.69) is 52.0 Å². The van der Waals surface area contributed by atoms with E-state index in [1.165, 1.54) is 64.2 Å². The van der Waals surface area contributed by atoms with Crippen molar-refractivity contribution in [3.8, 4) is 0 Å². The first-order chi connectivity index (χ1) is 16.8. The zero-order chi connectivity index (χ0) is 24.0. The third-order valence-electron chi connectivity index (χ3n) is 12.5. The highest BCUT2D eigenvalue weighted by molar-refractivity contribution is 6.47. The van der Waals surface area contributed by atoms with Gasteiger partial charge in [0.25, 0.3) is 0 Å². The fourth-order valence-corrected chi connectivity index (χ4v) is 10.6. The first kappa shape index (κ1) is 23.5. The van der Waals surface area contributed by atoms with Crippen molar-refractivity contribution in [3.05, 3.63) is 24.3 Å². The van der Waals surface area contributed by atoms with Crippen molar-refractivity contribution in [3.63, 3.8) is 0 Å². The van der Waals surface area contributed by atoms with Gasteiger partial charge in [0.05, 0.1) is 23.4 Å². The van der Waals surface area contributed by atoms with Crippen LogP contribution in [0.3, 0.4) is 0 Å².